The van der Waals surface area contributed by atoms with Gasteiger partial charge in [0, 0.05) is 23.6 Å². The van der Waals surface area contributed by atoms with Crippen LogP contribution < -0.4 is 5.73 Å². The van der Waals surface area contributed by atoms with E-state index in [2.05, 4.69) is 27.7 Å². The molecule has 0 aromatic carbocycles. The van der Waals surface area contributed by atoms with Crippen LogP contribution in [0, 0.1) is 5.92 Å². The lowest BCUT2D eigenvalue weighted by molar-refractivity contribution is -0.133. The summed E-state index contributed by atoms with van der Waals surface area (Å²) in [5.41, 5.74) is 5.94. The Bertz CT molecular complexity index is 253. The Labute approximate surface area is 103 Å². The molecular formula is C12H24N2OS. The van der Waals surface area contributed by atoms with E-state index in [0.29, 0.717) is 5.92 Å². The molecule has 4 heteroatoms. The fraction of sp³-hybridized carbons (Fsp3) is 0.917. The largest absolute Gasteiger partial charge is 0.339 e. The van der Waals surface area contributed by atoms with Crippen LogP contribution in [0.1, 0.15) is 34.1 Å². The first-order valence-corrected chi connectivity index (χ1v) is 6.99. The summed E-state index contributed by atoms with van der Waals surface area (Å²) < 4.78 is 0.172. The van der Waals surface area contributed by atoms with Crippen molar-refractivity contribution >= 4 is 17.7 Å². The molecule has 0 aromatic rings. The predicted octanol–water partition coefficient (Wildman–Crippen LogP) is 1.71. The number of hydrogen-bond donors (Lipinski definition) is 1. The highest BCUT2D eigenvalue weighted by molar-refractivity contribution is 8.00. The van der Waals surface area contributed by atoms with Crippen molar-refractivity contribution in [2.75, 3.05) is 18.8 Å². The van der Waals surface area contributed by atoms with Crippen LogP contribution in [0.3, 0.4) is 0 Å². The Hall–Kier alpha value is -0.220. The highest BCUT2D eigenvalue weighted by Crippen LogP contribution is 2.29. The van der Waals surface area contributed by atoms with E-state index in [-0.39, 0.29) is 16.7 Å². The van der Waals surface area contributed by atoms with Gasteiger partial charge in [0.25, 0.3) is 0 Å². The minimum Gasteiger partial charge on any atom is -0.339 e. The molecule has 16 heavy (non-hydrogen) atoms. The lowest BCUT2D eigenvalue weighted by atomic mass is 10.0. The molecule has 94 valence electrons. The second-order valence-electron chi connectivity index (χ2n) is 5.60. The molecular weight excluding hydrogens is 220 g/mol. The molecule has 1 amide bonds. The van der Waals surface area contributed by atoms with Gasteiger partial charge in [0.05, 0.1) is 6.04 Å². The van der Waals surface area contributed by atoms with Crippen LogP contribution in [0.25, 0.3) is 0 Å². The Kier molecular flexibility index (Phi) is 4.68. The third kappa shape index (κ3) is 3.98. The minimum atomic E-state index is -0.320. The van der Waals surface area contributed by atoms with Gasteiger partial charge in [0.2, 0.25) is 5.91 Å². The Morgan fingerprint density at radius 3 is 2.62 bits per heavy atom. The second kappa shape index (κ2) is 5.41. The number of nitrogens with two attached hydrogens (primary N) is 1. The Morgan fingerprint density at radius 2 is 2.12 bits per heavy atom. The number of rotatable bonds is 3. The van der Waals surface area contributed by atoms with E-state index in [1.807, 2.05) is 16.7 Å². The minimum absolute atomic E-state index is 0.127. The molecule has 1 heterocycles. The van der Waals surface area contributed by atoms with Gasteiger partial charge in [-0.15, -0.1) is 0 Å². The molecule has 2 N–H and O–H groups in total. The smallest absolute Gasteiger partial charge is 0.239 e. The number of carbonyl (C=O) groups excluding carboxylic acids is 1. The lowest BCUT2D eigenvalue weighted by Gasteiger charge is -2.38. The average Bonchev–Trinajstić information content (AvgIpc) is 2.13. The third-order valence-electron chi connectivity index (χ3n) is 2.78. The van der Waals surface area contributed by atoms with Crippen LogP contribution >= 0.6 is 11.8 Å². The van der Waals surface area contributed by atoms with Crippen molar-refractivity contribution in [2.24, 2.45) is 11.7 Å². The van der Waals surface area contributed by atoms with Crippen molar-refractivity contribution in [1.29, 1.82) is 0 Å². The number of carbonyl (C=O) groups is 1. The molecule has 0 radical (unpaired) electrons. The fourth-order valence-corrected chi connectivity index (χ4v) is 3.16. The van der Waals surface area contributed by atoms with Gasteiger partial charge >= 0.3 is 0 Å². The molecule has 0 spiro atoms. The molecule has 0 aromatic heterocycles. The van der Waals surface area contributed by atoms with Gasteiger partial charge in [-0.1, -0.05) is 13.8 Å². The third-order valence-corrected chi connectivity index (χ3v) is 4.08. The van der Waals surface area contributed by atoms with Gasteiger partial charge in [-0.3, -0.25) is 4.79 Å². The van der Waals surface area contributed by atoms with E-state index >= 15 is 0 Å². The van der Waals surface area contributed by atoms with Crippen LogP contribution in [0.5, 0.6) is 0 Å². The molecule has 0 saturated carbocycles. The molecule has 0 bridgehead atoms. The quantitative estimate of drug-likeness (QED) is 0.822. The van der Waals surface area contributed by atoms with Crippen LogP contribution in [-0.4, -0.2) is 40.4 Å². The normalized spacial score (nSPS) is 22.2. The van der Waals surface area contributed by atoms with Gasteiger partial charge < -0.3 is 10.6 Å². The standard InChI is InChI=1S/C12H24N2OS/c1-9(2)7-10(13)11(15)14-5-6-16-12(3,4)8-14/h9-10H,5-8,13H2,1-4H3/t10-/m1/s1. The van der Waals surface area contributed by atoms with Crippen molar-refractivity contribution in [3.8, 4) is 0 Å². The van der Waals surface area contributed by atoms with Crippen molar-refractivity contribution in [1.82, 2.24) is 4.90 Å². The first-order valence-electron chi connectivity index (χ1n) is 6.00. The van der Waals surface area contributed by atoms with Crippen LogP contribution in [0.4, 0.5) is 0 Å². The summed E-state index contributed by atoms with van der Waals surface area (Å²) >= 11 is 1.93. The molecule has 1 aliphatic heterocycles. The van der Waals surface area contributed by atoms with Crippen molar-refractivity contribution in [3.05, 3.63) is 0 Å². The first-order chi connectivity index (χ1) is 7.32. The Balaban J connectivity index is 2.53. The summed E-state index contributed by atoms with van der Waals surface area (Å²) in [4.78, 5) is 14.0. The van der Waals surface area contributed by atoms with Gasteiger partial charge in [-0.05, 0) is 26.2 Å². The number of amides is 1. The van der Waals surface area contributed by atoms with E-state index < -0.39 is 0 Å². The summed E-state index contributed by atoms with van der Waals surface area (Å²) in [6, 6.07) is -0.320. The highest BCUT2D eigenvalue weighted by atomic mass is 32.2. The van der Waals surface area contributed by atoms with Crippen LogP contribution in [0.15, 0.2) is 0 Å². The molecule has 1 fully saturated rings. The molecule has 1 aliphatic rings. The summed E-state index contributed by atoms with van der Waals surface area (Å²) in [5, 5.41) is 0. The zero-order valence-corrected chi connectivity index (χ0v) is 11.6. The van der Waals surface area contributed by atoms with E-state index in [1.165, 1.54) is 0 Å². The summed E-state index contributed by atoms with van der Waals surface area (Å²) in [6.07, 6.45) is 0.781. The Morgan fingerprint density at radius 1 is 1.50 bits per heavy atom. The van der Waals surface area contributed by atoms with E-state index in [1.54, 1.807) is 0 Å². The van der Waals surface area contributed by atoms with E-state index in [0.717, 1.165) is 25.3 Å². The van der Waals surface area contributed by atoms with E-state index in [9.17, 15) is 4.79 Å². The lowest BCUT2D eigenvalue weighted by Crippen LogP contribution is -2.52. The average molecular weight is 244 g/mol. The molecule has 0 aliphatic carbocycles. The highest BCUT2D eigenvalue weighted by Gasteiger charge is 2.31. The second-order valence-corrected chi connectivity index (χ2v) is 7.41. The maximum Gasteiger partial charge on any atom is 0.239 e. The zero-order chi connectivity index (χ0) is 12.3. The van der Waals surface area contributed by atoms with Crippen LogP contribution in [-0.2, 0) is 4.79 Å². The van der Waals surface area contributed by atoms with Crippen LogP contribution in [0.2, 0.25) is 0 Å². The number of thioether (sulfide) groups is 1. The van der Waals surface area contributed by atoms with Gasteiger partial charge in [-0.25, -0.2) is 0 Å². The maximum absolute atomic E-state index is 12.1. The molecule has 0 unspecified atom stereocenters. The summed E-state index contributed by atoms with van der Waals surface area (Å²) in [5.74, 6) is 1.63. The van der Waals surface area contributed by atoms with Crippen molar-refractivity contribution in [3.63, 3.8) is 0 Å². The predicted molar refractivity (Wildman–Crippen MR) is 70.5 cm³/mol. The summed E-state index contributed by atoms with van der Waals surface area (Å²) in [6.45, 7) is 10.2. The topological polar surface area (TPSA) is 46.3 Å². The zero-order valence-electron chi connectivity index (χ0n) is 10.8. The first kappa shape index (κ1) is 13.8. The maximum atomic E-state index is 12.1. The molecule has 1 atom stereocenters. The molecule has 3 nitrogen and oxygen atoms in total. The van der Waals surface area contributed by atoms with Gasteiger partial charge in [0.1, 0.15) is 0 Å². The van der Waals surface area contributed by atoms with Gasteiger partial charge in [0.15, 0.2) is 0 Å². The monoisotopic (exact) mass is 244 g/mol. The van der Waals surface area contributed by atoms with E-state index in [4.69, 9.17) is 5.73 Å². The molecule has 1 rings (SSSR count). The van der Waals surface area contributed by atoms with Gasteiger partial charge in [-0.2, -0.15) is 11.8 Å². The van der Waals surface area contributed by atoms with Crippen molar-refractivity contribution < 1.29 is 4.79 Å². The SMILES string of the molecule is CC(C)C[C@@H](N)C(=O)N1CCSC(C)(C)C1. The fourth-order valence-electron chi connectivity index (χ4n) is 2.05. The number of nitrogens with zero attached hydrogens (tertiary/aromatic N) is 1. The molecule has 1 saturated heterocycles. The number of hydrogen-bond acceptors (Lipinski definition) is 3. The summed E-state index contributed by atoms with van der Waals surface area (Å²) in [7, 11) is 0. The van der Waals surface area contributed by atoms with Crippen molar-refractivity contribution in [2.45, 2.75) is 44.9 Å².